The highest BCUT2D eigenvalue weighted by Crippen LogP contribution is 2.53. The number of nitrogens with zero attached hydrogens (tertiary/aromatic N) is 3. The summed E-state index contributed by atoms with van der Waals surface area (Å²) >= 11 is 0. The molecule has 2 atom stereocenters. The van der Waals surface area contributed by atoms with Crippen molar-refractivity contribution in [2.45, 2.75) is 46.1 Å². The predicted molar refractivity (Wildman–Crippen MR) is 118 cm³/mol. The van der Waals surface area contributed by atoms with Crippen LogP contribution in [0.1, 0.15) is 50.4 Å². The van der Waals surface area contributed by atoms with Crippen molar-refractivity contribution in [2.24, 2.45) is 17.9 Å². The molecule has 0 spiro atoms. The van der Waals surface area contributed by atoms with E-state index >= 15 is 4.39 Å². The minimum absolute atomic E-state index is 0.122. The molecule has 162 valence electrons. The number of carboxylic acid groups (broad SMARTS) is 1. The van der Waals surface area contributed by atoms with Crippen molar-refractivity contribution in [3.05, 3.63) is 46.1 Å². The first kappa shape index (κ1) is 20.0. The van der Waals surface area contributed by atoms with E-state index in [9.17, 15) is 14.7 Å². The fraction of sp³-hybridized carbons (Fsp3) is 0.458. The van der Waals surface area contributed by atoms with Gasteiger partial charge in [0.05, 0.1) is 28.3 Å². The second-order valence-electron chi connectivity index (χ2n) is 10.5. The largest absolute Gasteiger partial charge is 0.477 e. The molecule has 2 aromatic heterocycles. The molecule has 5 rings (SSSR count). The fourth-order valence-corrected chi connectivity index (χ4v) is 6.27. The summed E-state index contributed by atoms with van der Waals surface area (Å²) in [5.41, 5.74) is 0.780. The highest BCUT2D eigenvalue weighted by molar-refractivity contribution is 6.07. The van der Waals surface area contributed by atoms with Gasteiger partial charge in [0.15, 0.2) is 0 Å². The van der Waals surface area contributed by atoms with E-state index in [2.05, 4.69) is 30.7 Å². The number of anilines is 1. The van der Waals surface area contributed by atoms with E-state index < -0.39 is 11.4 Å². The van der Waals surface area contributed by atoms with Crippen LogP contribution < -0.4 is 10.3 Å². The van der Waals surface area contributed by atoms with E-state index in [0.29, 0.717) is 22.1 Å². The lowest BCUT2D eigenvalue weighted by atomic mass is 9.65. The zero-order chi connectivity index (χ0) is 22.3. The lowest BCUT2D eigenvalue weighted by Crippen LogP contribution is -2.35. The SMILES string of the molecule is Cn1cc(C(=O)O)c(=O)c2c3cc(N4C[C@]5(C)C[C@H]4CC(C)(C)C5)c(F)cc3ncc21. The lowest BCUT2D eigenvalue weighted by Gasteiger charge is -2.39. The number of halogens is 1. The van der Waals surface area contributed by atoms with Gasteiger partial charge in [0.1, 0.15) is 11.4 Å². The summed E-state index contributed by atoms with van der Waals surface area (Å²) in [4.78, 5) is 31.1. The molecule has 3 heterocycles. The lowest BCUT2D eigenvalue weighted by molar-refractivity contribution is 0.0695. The van der Waals surface area contributed by atoms with E-state index in [1.165, 1.54) is 18.5 Å². The number of benzene rings is 1. The molecule has 0 radical (unpaired) electrons. The van der Waals surface area contributed by atoms with E-state index in [4.69, 9.17) is 0 Å². The molecule has 2 aliphatic rings. The Hall–Kier alpha value is -2.96. The maximum atomic E-state index is 15.3. The first-order chi connectivity index (χ1) is 14.5. The highest BCUT2D eigenvalue weighted by atomic mass is 19.1. The average Bonchev–Trinajstić information content (AvgIpc) is 2.91. The van der Waals surface area contributed by atoms with Crippen LogP contribution in [0, 0.1) is 16.6 Å². The molecule has 6 nitrogen and oxygen atoms in total. The molecular weight excluding hydrogens is 397 g/mol. The third-order valence-corrected chi connectivity index (χ3v) is 7.05. The number of hydrogen-bond acceptors (Lipinski definition) is 4. The Bertz CT molecular complexity index is 1330. The average molecular weight is 423 g/mol. The minimum atomic E-state index is -1.28. The van der Waals surface area contributed by atoms with Gasteiger partial charge in [0.25, 0.3) is 0 Å². The topological polar surface area (TPSA) is 75.4 Å². The van der Waals surface area contributed by atoms with E-state index in [-0.39, 0.29) is 33.6 Å². The number of carboxylic acids is 1. The first-order valence-electron chi connectivity index (χ1n) is 10.6. The number of aryl methyl sites for hydroxylation is 1. The van der Waals surface area contributed by atoms with Gasteiger partial charge < -0.3 is 14.6 Å². The van der Waals surface area contributed by atoms with Crippen LogP contribution in [0.15, 0.2) is 29.3 Å². The van der Waals surface area contributed by atoms with Crippen LogP contribution in [-0.4, -0.2) is 33.2 Å². The van der Waals surface area contributed by atoms with Gasteiger partial charge >= 0.3 is 5.97 Å². The number of pyridine rings is 2. The van der Waals surface area contributed by atoms with Gasteiger partial charge in [-0.3, -0.25) is 9.78 Å². The number of hydrogen-bond donors (Lipinski definition) is 1. The quantitative estimate of drug-likeness (QED) is 0.621. The van der Waals surface area contributed by atoms with Crippen molar-refractivity contribution in [3.8, 4) is 0 Å². The van der Waals surface area contributed by atoms with Gasteiger partial charge in [-0.25, -0.2) is 9.18 Å². The van der Waals surface area contributed by atoms with Crippen LogP contribution in [-0.2, 0) is 7.05 Å². The number of fused-ring (bicyclic) bond motifs is 5. The van der Waals surface area contributed by atoms with Gasteiger partial charge in [-0.15, -0.1) is 0 Å². The fourth-order valence-electron chi connectivity index (χ4n) is 6.27. The Labute approximate surface area is 179 Å². The molecule has 2 fully saturated rings. The molecule has 31 heavy (non-hydrogen) atoms. The molecule has 3 aromatic rings. The van der Waals surface area contributed by atoms with Crippen molar-refractivity contribution >= 4 is 33.5 Å². The third kappa shape index (κ3) is 3.01. The van der Waals surface area contributed by atoms with E-state index in [1.54, 1.807) is 17.7 Å². The zero-order valence-corrected chi connectivity index (χ0v) is 18.2. The summed E-state index contributed by atoms with van der Waals surface area (Å²) < 4.78 is 16.9. The Morgan fingerprint density at radius 1 is 1.26 bits per heavy atom. The Morgan fingerprint density at radius 2 is 2.00 bits per heavy atom. The van der Waals surface area contributed by atoms with Crippen LogP contribution in [0.3, 0.4) is 0 Å². The summed E-state index contributed by atoms with van der Waals surface area (Å²) in [6, 6.07) is 3.30. The molecule has 0 unspecified atom stereocenters. The maximum Gasteiger partial charge on any atom is 0.341 e. The second-order valence-corrected chi connectivity index (χ2v) is 10.5. The van der Waals surface area contributed by atoms with Crippen LogP contribution in [0.2, 0.25) is 0 Å². The summed E-state index contributed by atoms with van der Waals surface area (Å²) in [7, 11) is 1.68. The summed E-state index contributed by atoms with van der Waals surface area (Å²) in [6.45, 7) is 7.57. The van der Waals surface area contributed by atoms with Crippen LogP contribution in [0.4, 0.5) is 10.1 Å². The normalized spacial score (nSPS) is 24.8. The second kappa shape index (κ2) is 6.28. The number of aromatic nitrogens is 2. The molecule has 1 saturated carbocycles. The number of rotatable bonds is 2. The van der Waals surface area contributed by atoms with Crippen molar-refractivity contribution in [3.63, 3.8) is 0 Å². The number of aromatic carboxylic acids is 1. The van der Waals surface area contributed by atoms with Gasteiger partial charge in [-0.05, 0) is 36.2 Å². The minimum Gasteiger partial charge on any atom is -0.477 e. The molecule has 7 heteroatoms. The van der Waals surface area contributed by atoms with Crippen molar-refractivity contribution in [2.75, 3.05) is 11.4 Å². The molecule has 1 N–H and O–H groups in total. The molecule has 1 aliphatic heterocycles. The first-order valence-corrected chi connectivity index (χ1v) is 10.6. The summed E-state index contributed by atoms with van der Waals surface area (Å²) in [6.07, 6.45) is 5.90. The number of carbonyl (C=O) groups is 1. The molecule has 1 saturated heterocycles. The standard InChI is InChI=1S/C24H26FN3O3/c1-23(2)7-13-8-24(3,11-23)12-28(13)18-5-14-17(6-16(18)25)26-9-19-20(14)21(29)15(22(30)31)10-27(19)4/h5-6,9-10,13H,7-8,11-12H2,1-4H3,(H,30,31)/t13-,24-/m1/s1. The van der Waals surface area contributed by atoms with Gasteiger partial charge in [-0.1, -0.05) is 20.8 Å². The molecule has 0 amide bonds. The molecular formula is C24H26FN3O3. The van der Waals surface area contributed by atoms with Crippen molar-refractivity contribution in [1.82, 2.24) is 9.55 Å². The van der Waals surface area contributed by atoms with Gasteiger partial charge in [-0.2, -0.15) is 0 Å². The van der Waals surface area contributed by atoms with Crippen molar-refractivity contribution < 1.29 is 14.3 Å². The van der Waals surface area contributed by atoms with Crippen LogP contribution in [0.25, 0.3) is 21.8 Å². The Balaban J connectivity index is 1.76. The molecule has 1 aromatic carbocycles. The summed E-state index contributed by atoms with van der Waals surface area (Å²) in [5.74, 6) is -1.64. The monoisotopic (exact) mass is 423 g/mol. The van der Waals surface area contributed by atoms with E-state index in [1.807, 2.05) is 0 Å². The van der Waals surface area contributed by atoms with E-state index in [0.717, 1.165) is 25.8 Å². The third-order valence-electron chi connectivity index (χ3n) is 7.05. The smallest absolute Gasteiger partial charge is 0.341 e. The Kier molecular flexibility index (Phi) is 4.04. The van der Waals surface area contributed by atoms with Crippen molar-refractivity contribution in [1.29, 1.82) is 0 Å². The van der Waals surface area contributed by atoms with Gasteiger partial charge in [0, 0.05) is 37.3 Å². The molecule has 2 bridgehead atoms. The van der Waals surface area contributed by atoms with Crippen LogP contribution in [0.5, 0.6) is 0 Å². The van der Waals surface area contributed by atoms with Gasteiger partial charge in [0.2, 0.25) is 5.43 Å². The predicted octanol–water partition coefficient (Wildman–Crippen LogP) is 4.33. The van der Waals surface area contributed by atoms with Crippen LogP contribution >= 0.6 is 0 Å². The highest BCUT2D eigenvalue weighted by Gasteiger charge is 2.50. The molecule has 1 aliphatic carbocycles. The Morgan fingerprint density at radius 3 is 2.71 bits per heavy atom. The summed E-state index contributed by atoms with van der Waals surface area (Å²) in [5, 5.41) is 10.2. The zero-order valence-electron chi connectivity index (χ0n) is 18.2. The maximum absolute atomic E-state index is 15.3.